The highest BCUT2D eigenvalue weighted by Gasteiger charge is 2.07. The van der Waals surface area contributed by atoms with Gasteiger partial charge in [-0.2, -0.15) is 0 Å². The molecule has 0 unspecified atom stereocenters. The van der Waals surface area contributed by atoms with Crippen molar-refractivity contribution >= 4 is 21.6 Å². The van der Waals surface area contributed by atoms with Crippen LogP contribution >= 0.6 is 11.8 Å². The number of rotatable bonds is 6. The number of halogens is 1. The summed E-state index contributed by atoms with van der Waals surface area (Å²) in [5, 5.41) is 0. The predicted octanol–water partition coefficient (Wildman–Crippen LogP) is 1.46. The average molecular weight is 277 g/mol. The Balaban J connectivity index is 2.69. The molecule has 0 amide bonds. The summed E-state index contributed by atoms with van der Waals surface area (Å²) in [6.45, 7) is 0.448. The van der Waals surface area contributed by atoms with Crippen molar-refractivity contribution in [1.29, 1.82) is 0 Å². The van der Waals surface area contributed by atoms with E-state index in [1.165, 1.54) is 30.2 Å². The predicted molar refractivity (Wildman–Crippen MR) is 69.6 cm³/mol. The Morgan fingerprint density at radius 1 is 1.41 bits per heavy atom. The van der Waals surface area contributed by atoms with Crippen molar-refractivity contribution in [3.8, 4) is 0 Å². The largest absolute Gasteiger partial charge is 0.330 e. The Hall–Kier alpha value is -0.590. The van der Waals surface area contributed by atoms with Crippen LogP contribution in [0.3, 0.4) is 0 Å². The van der Waals surface area contributed by atoms with Gasteiger partial charge in [0.05, 0.1) is 5.75 Å². The van der Waals surface area contributed by atoms with E-state index in [2.05, 4.69) is 0 Å². The van der Waals surface area contributed by atoms with Crippen molar-refractivity contribution in [2.75, 3.05) is 24.3 Å². The van der Waals surface area contributed by atoms with E-state index >= 15 is 0 Å². The maximum absolute atomic E-state index is 13.0. The van der Waals surface area contributed by atoms with Crippen LogP contribution in [0.15, 0.2) is 23.1 Å². The summed E-state index contributed by atoms with van der Waals surface area (Å²) in [6, 6.07) is 4.51. The summed E-state index contributed by atoms with van der Waals surface area (Å²) in [5.74, 6) is 0.306. The van der Waals surface area contributed by atoms with E-state index < -0.39 is 9.84 Å². The Morgan fingerprint density at radius 3 is 2.71 bits per heavy atom. The SMILES string of the molecule is CS(=O)(=O)CCSc1ccc(F)cc1CCN. The summed E-state index contributed by atoms with van der Waals surface area (Å²) in [6.07, 6.45) is 1.80. The van der Waals surface area contributed by atoms with E-state index in [0.717, 1.165) is 10.5 Å². The number of thioether (sulfide) groups is 1. The lowest BCUT2D eigenvalue weighted by Crippen LogP contribution is -2.07. The molecule has 0 radical (unpaired) electrons. The van der Waals surface area contributed by atoms with Crippen molar-refractivity contribution < 1.29 is 12.8 Å². The maximum atomic E-state index is 13.0. The van der Waals surface area contributed by atoms with E-state index in [-0.39, 0.29) is 11.6 Å². The molecule has 0 heterocycles. The number of benzene rings is 1. The average Bonchev–Trinajstić information content (AvgIpc) is 2.20. The molecule has 0 spiro atoms. The first-order valence-electron chi connectivity index (χ1n) is 5.21. The quantitative estimate of drug-likeness (QED) is 0.800. The molecule has 0 fully saturated rings. The highest BCUT2D eigenvalue weighted by molar-refractivity contribution is 8.00. The lowest BCUT2D eigenvalue weighted by atomic mass is 10.1. The minimum atomic E-state index is -2.95. The molecule has 0 saturated carbocycles. The zero-order chi connectivity index (χ0) is 12.9. The first-order chi connectivity index (χ1) is 7.92. The zero-order valence-corrected chi connectivity index (χ0v) is 11.3. The van der Waals surface area contributed by atoms with E-state index in [4.69, 9.17) is 5.73 Å². The molecule has 1 rings (SSSR count). The summed E-state index contributed by atoms with van der Waals surface area (Å²) < 4.78 is 35.0. The lowest BCUT2D eigenvalue weighted by Gasteiger charge is -2.08. The fourth-order valence-electron chi connectivity index (χ4n) is 1.34. The molecule has 0 saturated heterocycles. The van der Waals surface area contributed by atoms with Crippen LogP contribution in [0.5, 0.6) is 0 Å². The fourth-order valence-corrected chi connectivity index (χ4v) is 3.62. The van der Waals surface area contributed by atoms with Crippen LogP contribution in [-0.4, -0.2) is 32.7 Å². The Bertz CT molecular complexity index is 474. The van der Waals surface area contributed by atoms with Gasteiger partial charge in [-0.05, 0) is 36.7 Å². The van der Waals surface area contributed by atoms with Gasteiger partial charge in [-0.15, -0.1) is 11.8 Å². The summed E-state index contributed by atoms with van der Waals surface area (Å²) in [5.41, 5.74) is 6.29. The van der Waals surface area contributed by atoms with Gasteiger partial charge in [-0.3, -0.25) is 0 Å². The lowest BCUT2D eigenvalue weighted by molar-refractivity contribution is 0.603. The van der Waals surface area contributed by atoms with Crippen molar-refractivity contribution in [3.63, 3.8) is 0 Å². The molecule has 0 aliphatic carbocycles. The normalized spacial score (nSPS) is 11.7. The summed E-state index contributed by atoms with van der Waals surface area (Å²) in [7, 11) is -2.95. The molecule has 1 aromatic rings. The van der Waals surface area contributed by atoms with E-state index in [1.54, 1.807) is 6.07 Å². The standard InChI is InChI=1S/C11H16FNO2S2/c1-17(14,15)7-6-16-11-3-2-10(12)8-9(11)4-5-13/h2-3,8H,4-7,13H2,1H3. The fraction of sp³-hybridized carbons (Fsp3) is 0.455. The molecule has 0 aromatic heterocycles. The number of hydrogen-bond acceptors (Lipinski definition) is 4. The van der Waals surface area contributed by atoms with Gasteiger partial charge in [0.1, 0.15) is 15.7 Å². The van der Waals surface area contributed by atoms with Gasteiger partial charge in [0.25, 0.3) is 0 Å². The van der Waals surface area contributed by atoms with Crippen LogP contribution in [-0.2, 0) is 16.3 Å². The smallest absolute Gasteiger partial charge is 0.148 e. The Morgan fingerprint density at radius 2 is 2.12 bits per heavy atom. The van der Waals surface area contributed by atoms with Gasteiger partial charge in [-0.1, -0.05) is 0 Å². The van der Waals surface area contributed by atoms with Gasteiger partial charge in [0.2, 0.25) is 0 Å². The zero-order valence-electron chi connectivity index (χ0n) is 9.65. The highest BCUT2D eigenvalue weighted by Crippen LogP contribution is 2.24. The van der Waals surface area contributed by atoms with E-state index in [9.17, 15) is 12.8 Å². The number of nitrogens with two attached hydrogens (primary N) is 1. The Kier molecular flexibility index (Phi) is 5.42. The molecular formula is C11H16FNO2S2. The van der Waals surface area contributed by atoms with Crippen LogP contribution < -0.4 is 5.73 Å². The van der Waals surface area contributed by atoms with Crippen LogP contribution in [0.2, 0.25) is 0 Å². The molecule has 0 aliphatic rings. The van der Waals surface area contributed by atoms with Crippen LogP contribution in [0, 0.1) is 5.82 Å². The van der Waals surface area contributed by atoms with Gasteiger partial charge in [0.15, 0.2) is 0 Å². The van der Waals surface area contributed by atoms with Gasteiger partial charge >= 0.3 is 0 Å². The second-order valence-corrected chi connectivity index (χ2v) is 7.17. The van der Waals surface area contributed by atoms with E-state index in [1.807, 2.05) is 0 Å². The maximum Gasteiger partial charge on any atom is 0.148 e. The third-order valence-corrected chi connectivity index (χ3v) is 4.47. The van der Waals surface area contributed by atoms with Crippen molar-refractivity contribution in [2.45, 2.75) is 11.3 Å². The highest BCUT2D eigenvalue weighted by atomic mass is 32.2. The van der Waals surface area contributed by atoms with Crippen molar-refractivity contribution in [2.24, 2.45) is 5.73 Å². The van der Waals surface area contributed by atoms with Crippen LogP contribution in [0.25, 0.3) is 0 Å². The van der Waals surface area contributed by atoms with Gasteiger partial charge < -0.3 is 5.73 Å². The molecular weight excluding hydrogens is 261 g/mol. The first-order valence-corrected chi connectivity index (χ1v) is 8.26. The minimum Gasteiger partial charge on any atom is -0.330 e. The molecule has 17 heavy (non-hydrogen) atoms. The van der Waals surface area contributed by atoms with Crippen molar-refractivity contribution in [3.05, 3.63) is 29.6 Å². The topological polar surface area (TPSA) is 60.2 Å². The molecule has 1 aromatic carbocycles. The van der Waals surface area contributed by atoms with Crippen LogP contribution in [0.4, 0.5) is 4.39 Å². The molecule has 2 N–H and O–H groups in total. The monoisotopic (exact) mass is 277 g/mol. The third-order valence-electron chi connectivity index (χ3n) is 2.15. The molecule has 3 nitrogen and oxygen atoms in total. The summed E-state index contributed by atoms with van der Waals surface area (Å²) in [4.78, 5) is 0.903. The molecule has 0 aliphatic heterocycles. The second kappa shape index (κ2) is 6.37. The molecule has 0 atom stereocenters. The van der Waals surface area contributed by atoms with E-state index in [0.29, 0.717) is 18.7 Å². The Labute approximate surface area is 106 Å². The molecule has 96 valence electrons. The minimum absolute atomic E-state index is 0.122. The first kappa shape index (κ1) is 14.5. The third kappa shape index (κ3) is 5.52. The molecule has 6 heteroatoms. The molecule has 0 bridgehead atoms. The van der Waals surface area contributed by atoms with Gasteiger partial charge in [-0.25, -0.2) is 12.8 Å². The number of hydrogen-bond donors (Lipinski definition) is 1. The second-order valence-electron chi connectivity index (χ2n) is 3.77. The van der Waals surface area contributed by atoms with Gasteiger partial charge in [0, 0.05) is 16.9 Å². The van der Waals surface area contributed by atoms with Crippen molar-refractivity contribution in [1.82, 2.24) is 0 Å². The number of sulfone groups is 1. The summed E-state index contributed by atoms with van der Waals surface area (Å²) >= 11 is 1.42. The van der Waals surface area contributed by atoms with Crippen LogP contribution in [0.1, 0.15) is 5.56 Å².